The van der Waals surface area contributed by atoms with Gasteiger partial charge in [0.1, 0.15) is 5.52 Å². The molecule has 4 nitrogen and oxygen atoms in total. The molecule has 9 aromatic carbocycles. The third-order valence-corrected chi connectivity index (χ3v) is 11.0. The average Bonchev–Trinajstić information content (AvgIpc) is 3.89. The lowest BCUT2D eigenvalue weighted by Crippen LogP contribution is -2.10. The van der Waals surface area contributed by atoms with E-state index in [9.17, 15) is 0 Å². The van der Waals surface area contributed by atoms with E-state index >= 15 is 0 Å². The van der Waals surface area contributed by atoms with Gasteiger partial charge >= 0.3 is 0 Å². The van der Waals surface area contributed by atoms with E-state index in [1.165, 1.54) is 32.9 Å². The predicted molar refractivity (Wildman–Crippen MR) is 237 cm³/mol. The van der Waals surface area contributed by atoms with Crippen LogP contribution in [0.25, 0.3) is 83.1 Å². The first-order valence-electron chi connectivity index (χ1n) is 19.3. The Bertz CT molecular complexity index is 3150. The second-order valence-corrected chi connectivity index (χ2v) is 14.4. The van der Waals surface area contributed by atoms with Gasteiger partial charge in [-0.15, -0.1) is 0 Å². The van der Waals surface area contributed by atoms with Gasteiger partial charge in [0.2, 0.25) is 5.89 Å². The van der Waals surface area contributed by atoms with Gasteiger partial charge in [0, 0.05) is 50.0 Å². The number of para-hydroxylation sites is 2. The third-order valence-electron chi connectivity index (χ3n) is 11.0. The van der Waals surface area contributed by atoms with Crippen LogP contribution in [0.4, 0.5) is 17.1 Å². The maximum atomic E-state index is 6.51. The fourth-order valence-corrected chi connectivity index (χ4v) is 8.29. The minimum atomic E-state index is 0.620. The van der Waals surface area contributed by atoms with Crippen LogP contribution in [0.1, 0.15) is 0 Å². The minimum Gasteiger partial charge on any atom is -0.435 e. The number of oxazole rings is 1. The van der Waals surface area contributed by atoms with Crippen molar-refractivity contribution in [3.8, 4) is 39.4 Å². The number of anilines is 3. The number of rotatable bonds is 7. The number of fused-ring (bicyclic) bond motifs is 6. The summed E-state index contributed by atoms with van der Waals surface area (Å²) in [5, 5.41) is 4.67. The normalized spacial score (nSPS) is 11.5. The lowest BCUT2D eigenvalue weighted by atomic mass is 9.99. The molecule has 0 unspecified atom stereocenters. The molecule has 0 radical (unpaired) electrons. The van der Waals surface area contributed by atoms with Gasteiger partial charge in [-0.2, -0.15) is 0 Å². The van der Waals surface area contributed by atoms with Gasteiger partial charge in [0.25, 0.3) is 0 Å². The SMILES string of the molecule is c1ccc(-c2ccc(N(c3ccc(-c4cc5ccccc5c5oc(-c6ccccc6)nc45)cc3)c3ccc(-n4c5ccccc5c5ccccc54)cc3)cc2)cc1. The van der Waals surface area contributed by atoms with Crippen molar-refractivity contribution in [3.05, 3.63) is 212 Å². The van der Waals surface area contributed by atoms with Crippen LogP contribution in [0.5, 0.6) is 0 Å². The Morgan fingerprint density at radius 1 is 0.404 bits per heavy atom. The summed E-state index contributed by atoms with van der Waals surface area (Å²) in [7, 11) is 0. The maximum Gasteiger partial charge on any atom is 0.227 e. The van der Waals surface area contributed by atoms with Gasteiger partial charge in [0.15, 0.2) is 5.58 Å². The van der Waals surface area contributed by atoms with Gasteiger partial charge in [-0.05, 0) is 101 Å². The molecular weight excluding hydrogens is 695 g/mol. The monoisotopic (exact) mass is 729 g/mol. The zero-order valence-corrected chi connectivity index (χ0v) is 31.0. The van der Waals surface area contributed by atoms with Crippen LogP contribution in [-0.2, 0) is 0 Å². The first-order chi connectivity index (χ1) is 28.3. The third kappa shape index (κ3) is 5.66. The Hall–Kier alpha value is -7.69. The van der Waals surface area contributed by atoms with Crippen molar-refractivity contribution in [2.24, 2.45) is 0 Å². The Morgan fingerprint density at radius 3 is 1.49 bits per heavy atom. The molecular formula is C53H35N3O. The number of hydrogen-bond acceptors (Lipinski definition) is 3. The second kappa shape index (κ2) is 13.6. The first-order valence-corrected chi connectivity index (χ1v) is 19.3. The number of aromatic nitrogens is 2. The number of benzene rings is 9. The second-order valence-electron chi connectivity index (χ2n) is 14.4. The number of hydrogen-bond donors (Lipinski definition) is 0. The lowest BCUT2D eigenvalue weighted by Gasteiger charge is -2.26. The van der Waals surface area contributed by atoms with Crippen molar-refractivity contribution in [1.29, 1.82) is 0 Å². The van der Waals surface area contributed by atoms with E-state index < -0.39 is 0 Å². The van der Waals surface area contributed by atoms with Crippen LogP contribution >= 0.6 is 0 Å². The molecule has 2 aromatic heterocycles. The van der Waals surface area contributed by atoms with Crippen molar-refractivity contribution in [1.82, 2.24) is 9.55 Å². The Morgan fingerprint density at radius 2 is 0.877 bits per heavy atom. The van der Waals surface area contributed by atoms with Crippen molar-refractivity contribution in [3.63, 3.8) is 0 Å². The molecule has 0 aliphatic rings. The first kappa shape index (κ1) is 32.7. The number of nitrogens with zero attached hydrogens (tertiary/aromatic N) is 3. The van der Waals surface area contributed by atoms with E-state index in [1.807, 2.05) is 30.3 Å². The molecule has 0 amide bonds. The summed E-state index contributed by atoms with van der Waals surface area (Å²) in [4.78, 5) is 7.41. The van der Waals surface area contributed by atoms with Crippen molar-refractivity contribution >= 4 is 60.7 Å². The molecule has 4 heteroatoms. The van der Waals surface area contributed by atoms with Crippen LogP contribution < -0.4 is 4.90 Å². The molecule has 0 saturated carbocycles. The zero-order chi connectivity index (χ0) is 37.7. The molecule has 0 N–H and O–H groups in total. The highest BCUT2D eigenvalue weighted by atomic mass is 16.3. The maximum absolute atomic E-state index is 6.51. The van der Waals surface area contributed by atoms with Crippen molar-refractivity contribution < 1.29 is 4.42 Å². The van der Waals surface area contributed by atoms with E-state index in [4.69, 9.17) is 9.40 Å². The molecule has 57 heavy (non-hydrogen) atoms. The lowest BCUT2D eigenvalue weighted by molar-refractivity contribution is 0.623. The van der Waals surface area contributed by atoms with Gasteiger partial charge in [-0.25, -0.2) is 4.98 Å². The summed E-state index contributed by atoms with van der Waals surface area (Å²) < 4.78 is 8.87. The molecule has 0 atom stereocenters. The quantitative estimate of drug-likeness (QED) is 0.164. The summed E-state index contributed by atoms with van der Waals surface area (Å²) in [6.45, 7) is 0. The van der Waals surface area contributed by atoms with Crippen LogP contribution in [-0.4, -0.2) is 9.55 Å². The van der Waals surface area contributed by atoms with Gasteiger partial charge in [-0.3, -0.25) is 0 Å². The summed E-state index contributed by atoms with van der Waals surface area (Å²) in [5.74, 6) is 0.620. The highest BCUT2D eigenvalue weighted by Crippen LogP contribution is 2.41. The van der Waals surface area contributed by atoms with Crippen LogP contribution in [0, 0.1) is 0 Å². The van der Waals surface area contributed by atoms with Crippen molar-refractivity contribution in [2.75, 3.05) is 4.90 Å². The fourth-order valence-electron chi connectivity index (χ4n) is 8.29. The van der Waals surface area contributed by atoms with E-state index in [0.717, 1.165) is 61.3 Å². The largest absolute Gasteiger partial charge is 0.435 e. The summed E-state index contributed by atoms with van der Waals surface area (Å²) >= 11 is 0. The minimum absolute atomic E-state index is 0.620. The van der Waals surface area contributed by atoms with Crippen LogP contribution in [0.15, 0.2) is 217 Å². The summed E-state index contributed by atoms with van der Waals surface area (Å²) in [5.41, 5.74) is 13.8. The molecule has 268 valence electrons. The topological polar surface area (TPSA) is 34.2 Å². The average molecular weight is 730 g/mol. The Kier molecular flexibility index (Phi) is 7.78. The van der Waals surface area contributed by atoms with Crippen LogP contribution in [0.2, 0.25) is 0 Å². The highest BCUT2D eigenvalue weighted by molar-refractivity contribution is 6.11. The van der Waals surface area contributed by atoms with E-state index in [0.29, 0.717) is 5.89 Å². The Labute approximate surface area is 330 Å². The van der Waals surface area contributed by atoms with E-state index in [-0.39, 0.29) is 0 Å². The van der Waals surface area contributed by atoms with Gasteiger partial charge < -0.3 is 13.9 Å². The molecule has 11 aromatic rings. The van der Waals surface area contributed by atoms with Gasteiger partial charge in [-0.1, -0.05) is 133 Å². The predicted octanol–water partition coefficient (Wildman–Crippen LogP) is 14.5. The van der Waals surface area contributed by atoms with Crippen molar-refractivity contribution in [2.45, 2.75) is 0 Å². The summed E-state index contributed by atoms with van der Waals surface area (Å²) in [6, 6.07) is 75.1. The zero-order valence-electron chi connectivity index (χ0n) is 31.0. The van der Waals surface area contributed by atoms with Crippen LogP contribution in [0.3, 0.4) is 0 Å². The fraction of sp³-hybridized carbons (Fsp3) is 0. The molecule has 0 aliphatic heterocycles. The standard InChI is InChI=1S/C53H35N3O/c1-3-13-36(14-4-1)37-23-27-41(28-24-37)55(43-31-33-44(34-32-43)56-49-21-11-9-19-46(49)47-20-10-12-22-50(47)56)42-29-25-38(26-30-42)48-35-40-17-7-8-18-45(40)52-51(48)54-53(57-52)39-15-5-2-6-16-39/h1-35H. The molecule has 0 spiro atoms. The summed E-state index contributed by atoms with van der Waals surface area (Å²) in [6.07, 6.45) is 0. The van der Waals surface area contributed by atoms with E-state index in [2.05, 4.69) is 191 Å². The highest BCUT2D eigenvalue weighted by Gasteiger charge is 2.19. The molecule has 11 rings (SSSR count). The smallest absolute Gasteiger partial charge is 0.227 e. The molecule has 2 heterocycles. The Balaban J connectivity index is 1.02. The van der Waals surface area contributed by atoms with E-state index in [1.54, 1.807) is 0 Å². The molecule has 0 bridgehead atoms. The molecule has 0 fully saturated rings. The molecule has 0 saturated heterocycles. The molecule has 0 aliphatic carbocycles. The van der Waals surface area contributed by atoms with Gasteiger partial charge in [0.05, 0.1) is 11.0 Å².